The molecule has 1 fully saturated rings. The van der Waals surface area contributed by atoms with Gasteiger partial charge in [0.2, 0.25) is 10.0 Å². The van der Waals surface area contributed by atoms with Crippen LogP contribution in [0.2, 0.25) is 0 Å². The fourth-order valence-corrected chi connectivity index (χ4v) is 3.73. The molecule has 0 heterocycles. The van der Waals surface area contributed by atoms with Crippen LogP contribution in [0.15, 0.2) is 23.1 Å². The van der Waals surface area contributed by atoms with Gasteiger partial charge in [0.05, 0.1) is 13.0 Å². The van der Waals surface area contributed by atoms with Gasteiger partial charge in [0.1, 0.15) is 16.5 Å². The van der Waals surface area contributed by atoms with Crippen LogP contribution < -0.4 is 0 Å². The summed E-state index contributed by atoms with van der Waals surface area (Å²) >= 11 is 0. The Morgan fingerprint density at radius 3 is 2.61 bits per heavy atom. The van der Waals surface area contributed by atoms with Crippen molar-refractivity contribution in [2.45, 2.75) is 31.1 Å². The third kappa shape index (κ3) is 4.71. The Balaban J connectivity index is 2.20. The summed E-state index contributed by atoms with van der Waals surface area (Å²) in [6, 6.07) is 2.34. The first kappa shape index (κ1) is 17.8. The van der Waals surface area contributed by atoms with Crippen LogP contribution in [-0.4, -0.2) is 38.4 Å². The maximum absolute atomic E-state index is 13.8. The highest BCUT2D eigenvalue weighted by Crippen LogP contribution is 2.32. The fraction of sp³-hybridized carbons (Fsp3) is 0.533. The molecule has 0 atom stereocenters. The Morgan fingerprint density at radius 1 is 1.35 bits per heavy atom. The van der Waals surface area contributed by atoms with Gasteiger partial charge in [-0.25, -0.2) is 17.2 Å². The van der Waals surface area contributed by atoms with Crippen molar-refractivity contribution in [3.63, 3.8) is 0 Å². The second-order valence-corrected chi connectivity index (χ2v) is 7.34. The van der Waals surface area contributed by atoms with E-state index < -0.39 is 32.5 Å². The second kappa shape index (κ2) is 7.35. The number of benzene rings is 1. The molecule has 0 unspecified atom stereocenters. The highest BCUT2D eigenvalue weighted by Gasteiger charge is 2.33. The number of carbonyl (C=O) groups excluding carboxylic acids is 1. The lowest BCUT2D eigenvalue weighted by molar-refractivity contribution is -0.143. The van der Waals surface area contributed by atoms with Gasteiger partial charge in [0.15, 0.2) is 0 Å². The van der Waals surface area contributed by atoms with E-state index in [4.69, 9.17) is 4.74 Å². The van der Waals surface area contributed by atoms with Crippen molar-refractivity contribution in [2.75, 3.05) is 19.7 Å². The lowest BCUT2D eigenvalue weighted by Crippen LogP contribution is -2.35. The standard InChI is InChI=1S/C15H19F2NO4S/c1-2-22-15(19)7-8-18(10-11-3-4-11)23(20,21)14-6-5-12(16)9-13(14)17/h5-6,9,11H,2-4,7-8,10H2,1H3. The van der Waals surface area contributed by atoms with Gasteiger partial charge in [0, 0.05) is 19.2 Å². The fourth-order valence-electron chi connectivity index (χ4n) is 2.17. The molecule has 1 saturated carbocycles. The zero-order chi connectivity index (χ0) is 17.0. The number of sulfonamides is 1. The highest BCUT2D eigenvalue weighted by atomic mass is 32.2. The Kier molecular flexibility index (Phi) is 5.69. The Hall–Kier alpha value is -1.54. The summed E-state index contributed by atoms with van der Waals surface area (Å²) in [4.78, 5) is 10.9. The molecule has 0 radical (unpaired) electrons. The van der Waals surface area contributed by atoms with E-state index in [0.717, 1.165) is 29.3 Å². The molecule has 23 heavy (non-hydrogen) atoms. The molecule has 1 aromatic carbocycles. The predicted octanol–water partition coefficient (Wildman–Crippen LogP) is 2.32. The SMILES string of the molecule is CCOC(=O)CCN(CC1CC1)S(=O)(=O)c1ccc(F)cc1F. The van der Waals surface area contributed by atoms with Crippen molar-refractivity contribution in [2.24, 2.45) is 5.92 Å². The van der Waals surface area contributed by atoms with Crippen LogP contribution in [-0.2, 0) is 19.6 Å². The van der Waals surface area contributed by atoms with Crippen molar-refractivity contribution in [1.29, 1.82) is 0 Å². The van der Waals surface area contributed by atoms with Crippen LogP contribution in [0.25, 0.3) is 0 Å². The van der Waals surface area contributed by atoms with Gasteiger partial charge in [-0.1, -0.05) is 0 Å². The van der Waals surface area contributed by atoms with Crippen molar-refractivity contribution >= 4 is 16.0 Å². The molecule has 0 N–H and O–H groups in total. The maximum atomic E-state index is 13.8. The lowest BCUT2D eigenvalue weighted by atomic mass is 10.3. The average molecular weight is 347 g/mol. The first-order valence-electron chi connectivity index (χ1n) is 7.45. The molecule has 5 nitrogen and oxygen atoms in total. The third-order valence-electron chi connectivity index (χ3n) is 3.54. The van der Waals surface area contributed by atoms with Crippen molar-refractivity contribution in [1.82, 2.24) is 4.31 Å². The molecule has 2 rings (SSSR count). The van der Waals surface area contributed by atoms with Gasteiger partial charge in [0.25, 0.3) is 0 Å². The van der Waals surface area contributed by atoms with Crippen LogP contribution in [0, 0.1) is 17.6 Å². The Labute approximate surface area is 134 Å². The molecular formula is C15H19F2NO4S. The van der Waals surface area contributed by atoms with Crippen LogP contribution in [0.3, 0.4) is 0 Å². The first-order valence-corrected chi connectivity index (χ1v) is 8.89. The van der Waals surface area contributed by atoms with Gasteiger partial charge in [-0.3, -0.25) is 4.79 Å². The molecule has 0 aliphatic heterocycles. The summed E-state index contributed by atoms with van der Waals surface area (Å²) in [6.45, 7) is 2.00. The molecule has 0 bridgehead atoms. The number of esters is 1. The maximum Gasteiger partial charge on any atom is 0.307 e. The third-order valence-corrected chi connectivity index (χ3v) is 5.44. The molecule has 0 saturated heterocycles. The minimum atomic E-state index is -4.13. The largest absolute Gasteiger partial charge is 0.466 e. The summed E-state index contributed by atoms with van der Waals surface area (Å²) in [5.74, 6) is -2.28. The average Bonchev–Trinajstić information content (AvgIpc) is 3.27. The number of hydrogen-bond donors (Lipinski definition) is 0. The molecule has 8 heteroatoms. The summed E-state index contributed by atoms with van der Waals surface area (Å²) < 4.78 is 57.9. The Morgan fingerprint density at radius 2 is 2.04 bits per heavy atom. The van der Waals surface area contributed by atoms with E-state index in [9.17, 15) is 22.0 Å². The van der Waals surface area contributed by atoms with E-state index in [0.29, 0.717) is 6.07 Å². The topological polar surface area (TPSA) is 63.7 Å². The monoisotopic (exact) mass is 347 g/mol. The van der Waals surface area contributed by atoms with Crippen molar-refractivity contribution in [3.8, 4) is 0 Å². The van der Waals surface area contributed by atoms with Gasteiger partial charge in [-0.05, 0) is 37.8 Å². The molecule has 128 valence electrons. The Bertz CT molecular complexity index is 674. The zero-order valence-corrected chi connectivity index (χ0v) is 13.6. The number of carbonyl (C=O) groups is 1. The van der Waals surface area contributed by atoms with E-state index in [1.54, 1.807) is 6.92 Å². The van der Waals surface area contributed by atoms with Crippen LogP contribution >= 0.6 is 0 Å². The highest BCUT2D eigenvalue weighted by molar-refractivity contribution is 7.89. The van der Waals surface area contributed by atoms with E-state index in [1.807, 2.05) is 0 Å². The molecular weight excluding hydrogens is 328 g/mol. The van der Waals surface area contributed by atoms with Crippen LogP contribution in [0.5, 0.6) is 0 Å². The van der Waals surface area contributed by atoms with Gasteiger partial charge >= 0.3 is 5.97 Å². The predicted molar refractivity (Wildman–Crippen MR) is 79.1 cm³/mol. The number of nitrogens with zero attached hydrogens (tertiary/aromatic N) is 1. The normalized spacial score (nSPS) is 15.0. The summed E-state index contributed by atoms with van der Waals surface area (Å²) in [6.07, 6.45) is 1.69. The zero-order valence-electron chi connectivity index (χ0n) is 12.8. The number of halogens is 2. The van der Waals surface area contributed by atoms with Gasteiger partial charge in [-0.15, -0.1) is 0 Å². The first-order chi connectivity index (χ1) is 10.8. The lowest BCUT2D eigenvalue weighted by Gasteiger charge is -2.22. The minimum absolute atomic E-state index is 0.0888. The molecule has 1 aliphatic rings. The van der Waals surface area contributed by atoms with Crippen molar-refractivity contribution < 1.29 is 26.7 Å². The summed E-state index contributed by atoms with van der Waals surface area (Å²) in [7, 11) is -4.13. The number of ether oxygens (including phenoxy) is 1. The number of hydrogen-bond acceptors (Lipinski definition) is 4. The van der Waals surface area contributed by atoms with E-state index >= 15 is 0 Å². The number of rotatable bonds is 8. The van der Waals surface area contributed by atoms with Gasteiger partial charge < -0.3 is 4.74 Å². The molecule has 1 aliphatic carbocycles. The minimum Gasteiger partial charge on any atom is -0.466 e. The molecule has 0 aromatic heterocycles. The quantitative estimate of drug-likeness (QED) is 0.677. The van der Waals surface area contributed by atoms with Gasteiger partial charge in [-0.2, -0.15) is 4.31 Å². The molecule has 1 aromatic rings. The van der Waals surface area contributed by atoms with E-state index in [1.165, 1.54) is 0 Å². The van der Waals surface area contributed by atoms with Crippen LogP contribution in [0.4, 0.5) is 8.78 Å². The molecule has 0 amide bonds. The second-order valence-electron chi connectivity index (χ2n) is 5.44. The van der Waals surface area contributed by atoms with E-state index in [-0.39, 0.29) is 32.0 Å². The smallest absolute Gasteiger partial charge is 0.307 e. The summed E-state index contributed by atoms with van der Waals surface area (Å²) in [5, 5.41) is 0. The summed E-state index contributed by atoms with van der Waals surface area (Å²) in [5.41, 5.74) is 0. The van der Waals surface area contributed by atoms with E-state index in [2.05, 4.69) is 0 Å². The molecule has 0 spiro atoms. The van der Waals surface area contributed by atoms with Crippen LogP contribution in [0.1, 0.15) is 26.2 Å². The van der Waals surface area contributed by atoms with Crippen molar-refractivity contribution in [3.05, 3.63) is 29.8 Å².